The number of likely N-dealkylation sites (tertiary alicyclic amines) is 1. The Hall–Kier alpha value is -2.99. The van der Waals surface area contributed by atoms with E-state index in [4.69, 9.17) is 0 Å². The molecular formula is C23H25FN4O. The van der Waals surface area contributed by atoms with Crippen LogP contribution >= 0.6 is 0 Å². The van der Waals surface area contributed by atoms with E-state index in [2.05, 4.69) is 10.4 Å². The predicted molar refractivity (Wildman–Crippen MR) is 110 cm³/mol. The summed E-state index contributed by atoms with van der Waals surface area (Å²) in [5, 5.41) is 7.80. The van der Waals surface area contributed by atoms with Crippen molar-refractivity contribution in [2.75, 3.05) is 6.54 Å². The first-order valence-electron chi connectivity index (χ1n) is 10.00. The molecule has 2 unspecified atom stereocenters. The van der Waals surface area contributed by atoms with Crippen molar-refractivity contribution in [3.8, 4) is 5.69 Å². The number of piperidine rings is 1. The topological polar surface area (TPSA) is 50.2 Å². The lowest BCUT2D eigenvalue weighted by atomic mass is 9.99. The van der Waals surface area contributed by atoms with Gasteiger partial charge in [0.25, 0.3) is 0 Å². The molecule has 6 heteroatoms. The predicted octanol–water partition coefficient (Wildman–Crippen LogP) is 3.85. The van der Waals surface area contributed by atoms with Crippen LogP contribution in [0.2, 0.25) is 0 Å². The normalized spacial score (nSPS) is 18.1. The molecule has 1 aliphatic rings. The van der Waals surface area contributed by atoms with E-state index in [1.54, 1.807) is 12.1 Å². The zero-order valence-corrected chi connectivity index (χ0v) is 16.5. The maximum atomic E-state index is 13.2. The second kappa shape index (κ2) is 8.57. The van der Waals surface area contributed by atoms with Crippen molar-refractivity contribution >= 4 is 5.91 Å². The molecule has 0 saturated carbocycles. The van der Waals surface area contributed by atoms with E-state index in [-0.39, 0.29) is 23.8 Å². The third-order valence-corrected chi connectivity index (χ3v) is 5.50. The maximum absolute atomic E-state index is 13.2. The number of rotatable bonds is 6. The molecule has 0 bridgehead atoms. The average molecular weight is 392 g/mol. The number of amides is 1. The van der Waals surface area contributed by atoms with Crippen LogP contribution in [0.4, 0.5) is 4.39 Å². The van der Waals surface area contributed by atoms with E-state index in [1.165, 1.54) is 12.1 Å². The standard InChI is InChI=1S/C23H25FN4O/c1-17(19-9-11-20(24)12-10-19)27-13-5-8-22(23(27)29)25-14-18-15-26-28(16-18)21-6-3-2-4-7-21/h2-4,6-7,9-12,15-17,22,25H,5,8,13-14H2,1H3. The van der Waals surface area contributed by atoms with Crippen molar-refractivity contribution in [2.24, 2.45) is 0 Å². The number of benzene rings is 2. The number of halogens is 1. The summed E-state index contributed by atoms with van der Waals surface area (Å²) in [6, 6.07) is 16.0. The summed E-state index contributed by atoms with van der Waals surface area (Å²) >= 11 is 0. The fourth-order valence-corrected chi connectivity index (χ4v) is 3.81. The fourth-order valence-electron chi connectivity index (χ4n) is 3.81. The molecule has 4 rings (SSSR count). The minimum atomic E-state index is -0.262. The largest absolute Gasteiger partial charge is 0.335 e. The maximum Gasteiger partial charge on any atom is 0.240 e. The number of hydrogen-bond acceptors (Lipinski definition) is 3. The molecule has 0 aliphatic carbocycles. The first-order chi connectivity index (χ1) is 14.1. The Morgan fingerprint density at radius 1 is 1.17 bits per heavy atom. The van der Waals surface area contributed by atoms with E-state index in [1.807, 2.05) is 59.2 Å². The van der Waals surface area contributed by atoms with Gasteiger partial charge in [-0.1, -0.05) is 30.3 Å². The van der Waals surface area contributed by atoms with Crippen LogP contribution in [0, 0.1) is 5.82 Å². The van der Waals surface area contributed by atoms with Crippen LogP contribution in [0.3, 0.4) is 0 Å². The Morgan fingerprint density at radius 3 is 2.69 bits per heavy atom. The van der Waals surface area contributed by atoms with Crippen molar-refractivity contribution in [3.63, 3.8) is 0 Å². The van der Waals surface area contributed by atoms with Crippen molar-refractivity contribution in [2.45, 2.75) is 38.4 Å². The van der Waals surface area contributed by atoms with E-state index in [0.29, 0.717) is 6.54 Å². The monoisotopic (exact) mass is 392 g/mol. The summed E-state index contributed by atoms with van der Waals surface area (Å²) in [6.45, 7) is 3.31. The molecule has 29 heavy (non-hydrogen) atoms. The number of carbonyl (C=O) groups is 1. The van der Waals surface area contributed by atoms with E-state index in [9.17, 15) is 9.18 Å². The quantitative estimate of drug-likeness (QED) is 0.693. The summed E-state index contributed by atoms with van der Waals surface area (Å²) in [5.74, 6) is -0.162. The molecule has 1 N–H and O–H groups in total. The molecule has 3 aromatic rings. The molecule has 150 valence electrons. The minimum Gasteiger partial charge on any atom is -0.335 e. The highest BCUT2D eigenvalue weighted by molar-refractivity contribution is 5.83. The van der Waals surface area contributed by atoms with Gasteiger partial charge in [-0.05, 0) is 49.6 Å². The molecule has 0 spiro atoms. The highest BCUT2D eigenvalue weighted by atomic mass is 19.1. The average Bonchev–Trinajstić information content (AvgIpc) is 3.23. The Kier molecular flexibility index (Phi) is 5.71. The van der Waals surface area contributed by atoms with Gasteiger partial charge in [-0.25, -0.2) is 9.07 Å². The zero-order valence-electron chi connectivity index (χ0n) is 16.5. The van der Waals surface area contributed by atoms with Gasteiger partial charge in [0.2, 0.25) is 5.91 Å². The molecule has 1 aliphatic heterocycles. The highest BCUT2D eigenvalue weighted by Crippen LogP contribution is 2.25. The third-order valence-electron chi connectivity index (χ3n) is 5.50. The van der Waals surface area contributed by atoms with Crippen LogP contribution < -0.4 is 5.32 Å². The van der Waals surface area contributed by atoms with Crippen LogP contribution in [-0.2, 0) is 11.3 Å². The molecular weight excluding hydrogens is 367 g/mol. The molecule has 5 nitrogen and oxygen atoms in total. The minimum absolute atomic E-state index is 0.0754. The van der Waals surface area contributed by atoms with Crippen LogP contribution in [0.5, 0.6) is 0 Å². The van der Waals surface area contributed by atoms with Gasteiger partial charge in [-0.2, -0.15) is 5.10 Å². The van der Waals surface area contributed by atoms with Crippen molar-refractivity contribution in [1.29, 1.82) is 0 Å². The number of para-hydroxylation sites is 1. The summed E-state index contributed by atoms with van der Waals surface area (Å²) < 4.78 is 15.0. The lowest BCUT2D eigenvalue weighted by Gasteiger charge is -2.37. The lowest BCUT2D eigenvalue weighted by molar-refractivity contribution is -0.138. The summed E-state index contributed by atoms with van der Waals surface area (Å²) in [7, 11) is 0. The van der Waals surface area contributed by atoms with Crippen molar-refractivity contribution in [1.82, 2.24) is 20.0 Å². The van der Waals surface area contributed by atoms with Gasteiger partial charge in [0, 0.05) is 24.8 Å². The fraction of sp³-hybridized carbons (Fsp3) is 0.304. The zero-order chi connectivity index (χ0) is 20.2. The van der Waals surface area contributed by atoms with Crippen LogP contribution in [0.25, 0.3) is 5.69 Å². The SMILES string of the molecule is CC(c1ccc(F)cc1)N1CCCC(NCc2cnn(-c3ccccc3)c2)C1=O. The second-order valence-corrected chi connectivity index (χ2v) is 7.46. The molecule has 2 heterocycles. The van der Waals surface area contributed by atoms with Crippen molar-refractivity contribution < 1.29 is 9.18 Å². The highest BCUT2D eigenvalue weighted by Gasteiger charge is 2.31. The molecule has 2 atom stereocenters. The Labute approximate surface area is 170 Å². The first kappa shape index (κ1) is 19.3. The number of aromatic nitrogens is 2. The Morgan fingerprint density at radius 2 is 1.93 bits per heavy atom. The van der Waals surface area contributed by atoms with Crippen molar-refractivity contribution in [3.05, 3.63) is 83.9 Å². The van der Waals surface area contributed by atoms with Gasteiger partial charge in [0.1, 0.15) is 5.82 Å². The Bertz CT molecular complexity index is 955. The van der Waals surface area contributed by atoms with Gasteiger partial charge >= 0.3 is 0 Å². The number of nitrogens with one attached hydrogen (secondary N) is 1. The molecule has 1 fully saturated rings. The summed E-state index contributed by atoms with van der Waals surface area (Å²) in [4.78, 5) is 14.9. The number of nitrogens with zero attached hydrogens (tertiary/aromatic N) is 3. The lowest BCUT2D eigenvalue weighted by Crippen LogP contribution is -2.51. The van der Waals surface area contributed by atoms with Gasteiger partial charge in [-0.15, -0.1) is 0 Å². The molecule has 0 radical (unpaired) electrons. The number of hydrogen-bond donors (Lipinski definition) is 1. The molecule has 1 saturated heterocycles. The van der Waals surface area contributed by atoms with Crippen LogP contribution in [0.15, 0.2) is 67.0 Å². The third kappa shape index (κ3) is 4.38. The second-order valence-electron chi connectivity index (χ2n) is 7.46. The molecule has 1 amide bonds. The first-order valence-corrected chi connectivity index (χ1v) is 10.00. The smallest absolute Gasteiger partial charge is 0.240 e. The number of carbonyl (C=O) groups excluding carboxylic acids is 1. The van der Waals surface area contributed by atoms with E-state index < -0.39 is 0 Å². The van der Waals surface area contributed by atoms with Crippen LogP contribution in [0.1, 0.15) is 36.9 Å². The molecule has 1 aromatic heterocycles. The van der Waals surface area contributed by atoms with E-state index >= 15 is 0 Å². The van der Waals surface area contributed by atoms with Crippen LogP contribution in [-0.4, -0.2) is 33.2 Å². The van der Waals surface area contributed by atoms with E-state index in [0.717, 1.165) is 36.2 Å². The van der Waals surface area contributed by atoms with Gasteiger partial charge < -0.3 is 10.2 Å². The van der Waals surface area contributed by atoms with Gasteiger partial charge in [-0.3, -0.25) is 4.79 Å². The summed E-state index contributed by atoms with van der Waals surface area (Å²) in [6.07, 6.45) is 5.57. The van der Waals surface area contributed by atoms with Gasteiger partial charge in [0.15, 0.2) is 0 Å². The Balaban J connectivity index is 1.38. The molecule has 2 aromatic carbocycles. The summed E-state index contributed by atoms with van der Waals surface area (Å²) in [5.41, 5.74) is 2.99. The van der Waals surface area contributed by atoms with Gasteiger partial charge in [0.05, 0.1) is 24.0 Å².